The predicted molar refractivity (Wildman–Crippen MR) is 84.4 cm³/mol. The third kappa shape index (κ3) is 4.43. The van der Waals surface area contributed by atoms with Gasteiger partial charge in [-0.2, -0.15) is 0 Å². The van der Waals surface area contributed by atoms with Crippen LogP contribution in [0.1, 0.15) is 45.6 Å². The standard InChI is InChI=1S/C17H21F3N2O3/c1-8-9(13-10(18)5-6-11(19)14(13)20)7-12(15(23)21-8)22-16(24)25-17(2,3)4/h5-6,8-9,12H,7H2,1-4H3,(H,21,23)(H,22,24)/t8-,9-,12-/m0/s1. The lowest BCUT2D eigenvalue weighted by molar-refractivity contribution is -0.126. The highest BCUT2D eigenvalue weighted by Gasteiger charge is 2.38. The number of hydrogen-bond donors (Lipinski definition) is 2. The van der Waals surface area contributed by atoms with Gasteiger partial charge in [0.15, 0.2) is 11.6 Å². The van der Waals surface area contributed by atoms with Crippen LogP contribution < -0.4 is 10.6 Å². The molecular weight excluding hydrogens is 337 g/mol. The maximum absolute atomic E-state index is 14.1. The van der Waals surface area contributed by atoms with E-state index >= 15 is 0 Å². The first-order chi connectivity index (χ1) is 11.5. The number of halogens is 3. The molecule has 0 saturated carbocycles. The van der Waals surface area contributed by atoms with E-state index in [2.05, 4.69) is 10.6 Å². The number of benzene rings is 1. The number of amides is 2. The number of carbonyl (C=O) groups is 2. The zero-order chi connectivity index (χ0) is 18.9. The van der Waals surface area contributed by atoms with Crippen LogP contribution in [0.25, 0.3) is 0 Å². The fraction of sp³-hybridized carbons (Fsp3) is 0.529. The number of ether oxygens (including phenoxy) is 1. The Labute approximate surface area is 143 Å². The van der Waals surface area contributed by atoms with Gasteiger partial charge in [0.1, 0.15) is 17.5 Å². The molecule has 1 aliphatic rings. The van der Waals surface area contributed by atoms with Crippen molar-refractivity contribution in [3.05, 3.63) is 35.1 Å². The first-order valence-corrected chi connectivity index (χ1v) is 7.93. The average Bonchev–Trinajstić information content (AvgIpc) is 2.46. The summed E-state index contributed by atoms with van der Waals surface area (Å²) in [7, 11) is 0. The Morgan fingerprint density at radius 2 is 1.84 bits per heavy atom. The lowest BCUT2D eigenvalue weighted by Crippen LogP contribution is -2.56. The Bertz CT molecular complexity index is 688. The molecule has 1 aliphatic heterocycles. The van der Waals surface area contributed by atoms with Crippen LogP contribution in [0.4, 0.5) is 18.0 Å². The molecule has 0 radical (unpaired) electrons. The van der Waals surface area contributed by atoms with E-state index in [0.29, 0.717) is 6.07 Å². The van der Waals surface area contributed by atoms with Gasteiger partial charge < -0.3 is 15.4 Å². The topological polar surface area (TPSA) is 67.4 Å². The second kappa shape index (κ2) is 6.93. The van der Waals surface area contributed by atoms with Gasteiger partial charge in [-0.15, -0.1) is 0 Å². The molecule has 1 aromatic carbocycles. The van der Waals surface area contributed by atoms with Crippen LogP contribution in [0.15, 0.2) is 12.1 Å². The van der Waals surface area contributed by atoms with Crippen molar-refractivity contribution >= 4 is 12.0 Å². The lowest BCUT2D eigenvalue weighted by Gasteiger charge is -2.35. The molecule has 0 unspecified atom stereocenters. The quantitative estimate of drug-likeness (QED) is 0.799. The summed E-state index contributed by atoms with van der Waals surface area (Å²) in [6, 6.07) is -0.128. The summed E-state index contributed by atoms with van der Waals surface area (Å²) in [6.45, 7) is 6.55. The Morgan fingerprint density at radius 3 is 2.44 bits per heavy atom. The molecule has 1 saturated heterocycles. The average molecular weight is 358 g/mol. The second-order valence-corrected chi connectivity index (χ2v) is 7.10. The molecule has 1 heterocycles. The number of piperidine rings is 1. The first kappa shape index (κ1) is 19.1. The minimum Gasteiger partial charge on any atom is -0.444 e. The molecule has 1 aromatic rings. The lowest BCUT2D eigenvalue weighted by atomic mass is 9.82. The first-order valence-electron chi connectivity index (χ1n) is 7.93. The van der Waals surface area contributed by atoms with E-state index < -0.39 is 58.6 Å². The van der Waals surface area contributed by atoms with Gasteiger partial charge in [-0.1, -0.05) is 0 Å². The van der Waals surface area contributed by atoms with Crippen LogP contribution in [0.3, 0.4) is 0 Å². The molecule has 2 rings (SSSR count). The fourth-order valence-corrected chi connectivity index (χ4v) is 2.82. The van der Waals surface area contributed by atoms with Crippen LogP contribution in [-0.4, -0.2) is 29.7 Å². The largest absolute Gasteiger partial charge is 0.444 e. The van der Waals surface area contributed by atoms with E-state index in [9.17, 15) is 22.8 Å². The van der Waals surface area contributed by atoms with Crippen molar-refractivity contribution in [2.24, 2.45) is 0 Å². The van der Waals surface area contributed by atoms with Gasteiger partial charge in [-0.05, 0) is 46.2 Å². The predicted octanol–water partition coefficient (Wildman–Crippen LogP) is 2.99. The highest BCUT2D eigenvalue weighted by Crippen LogP contribution is 2.33. The molecule has 0 bridgehead atoms. The number of hydrogen-bond acceptors (Lipinski definition) is 3. The van der Waals surface area contributed by atoms with Gasteiger partial charge in [-0.25, -0.2) is 18.0 Å². The molecule has 0 spiro atoms. The summed E-state index contributed by atoms with van der Waals surface area (Å²) in [5.74, 6) is -4.69. The molecule has 3 atom stereocenters. The van der Waals surface area contributed by atoms with Gasteiger partial charge in [0.05, 0.1) is 0 Å². The summed E-state index contributed by atoms with van der Waals surface area (Å²) in [4.78, 5) is 23.9. The maximum Gasteiger partial charge on any atom is 0.408 e. The SMILES string of the molecule is C[C@@H]1NC(=O)[C@@H](NC(=O)OC(C)(C)C)C[C@@H]1c1c(F)ccc(F)c1F. The highest BCUT2D eigenvalue weighted by atomic mass is 19.2. The smallest absolute Gasteiger partial charge is 0.408 e. The molecular formula is C17H21F3N2O3. The van der Waals surface area contributed by atoms with E-state index in [0.717, 1.165) is 6.07 Å². The Morgan fingerprint density at radius 1 is 1.24 bits per heavy atom. The van der Waals surface area contributed by atoms with Crippen molar-refractivity contribution in [3.63, 3.8) is 0 Å². The summed E-state index contributed by atoms with van der Waals surface area (Å²) in [5, 5.41) is 4.94. The third-order valence-electron chi connectivity index (χ3n) is 3.92. The van der Waals surface area contributed by atoms with Crippen LogP contribution in [-0.2, 0) is 9.53 Å². The summed E-state index contributed by atoms with van der Waals surface area (Å²) in [6.07, 6.45) is -0.898. The zero-order valence-corrected chi connectivity index (χ0v) is 14.5. The van der Waals surface area contributed by atoms with Gasteiger partial charge in [0, 0.05) is 17.5 Å². The number of carbonyl (C=O) groups excluding carboxylic acids is 2. The summed E-state index contributed by atoms with van der Waals surface area (Å²) < 4.78 is 46.7. The molecule has 25 heavy (non-hydrogen) atoms. The molecule has 2 amide bonds. The minimum absolute atomic E-state index is 0.0798. The van der Waals surface area contributed by atoms with E-state index in [1.54, 1.807) is 27.7 Å². The van der Waals surface area contributed by atoms with Gasteiger partial charge in [-0.3, -0.25) is 4.79 Å². The van der Waals surface area contributed by atoms with Crippen LogP contribution in [0.2, 0.25) is 0 Å². The third-order valence-corrected chi connectivity index (χ3v) is 3.92. The van der Waals surface area contributed by atoms with Gasteiger partial charge >= 0.3 is 6.09 Å². The fourth-order valence-electron chi connectivity index (χ4n) is 2.82. The Kier molecular flexibility index (Phi) is 5.29. The summed E-state index contributed by atoms with van der Waals surface area (Å²) >= 11 is 0. The van der Waals surface area contributed by atoms with E-state index in [1.165, 1.54) is 0 Å². The van der Waals surface area contributed by atoms with Crippen LogP contribution >= 0.6 is 0 Å². The molecule has 2 N–H and O–H groups in total. The Balaban J connectivity index is 2.23. The normalized spacial score (nSPS) is 23.8. The van der Waals surface area contributed by atoms with Crippen LogP contribution in [0, 0.1) is 17.5 Å². The van der Waals surface area contributed by atoms with Crippen molar-refractivity contribution in [1.82, 2.24) is 10.6 Å². The molecule has 5 nitrogen and oxygen atoms in total. The zero-order valence-electron chi connectivity index (χ0n) is 14.5. The number of rotatable bonds is 2. The van der Waals surface area contributed by atoms with Crippen molar-refractivity contribution in [2.45, 2.75) is 57.7 Å². The van der Waals surface area contributed by atoms with Crippen LogP contribution in [0.5, 0.6) is 0 Å². The number of nitrogens with one attached hydrogen (secondary N) is 2. The molecule has 0 aliphatic carbocycles. The van der Waals surface area contributed by atoms with Crippen molar-refractivity contribution in [1.29, 1.82) is 0 Å². The highest BCUT2D eigenvalue weighted by molar-refractivity contribution is 5.86. The van der Waals surface area contributed by atoms with Crippen molar-refractivity contribution in [2.75, 3.05) is 0 Å². The Hall–Kier alpha value is -2.25. The second-order valence-electron chi connectivity index (χ2n) is 7.10. The minimum atomic E-state index is -1.29. The van der Waals surface area contributed by atoms with Crippen molar-refractivity contribution in [3.8, 4) is 0 Å². The monoisotopic (exact) mass is 358 g/mol. The molecule has 8 heteroatoms. The molecule has 1 fully saturated rings. The number of alkyl carbamates (subject to hydrolysis) is 1. The summed E-state index contributed by atoms with van der Waals surface area (Å²) in [5.41, 5.74) is -1.20. The van der Waals surface area contributed by atoms with Gasteiger partial charge in [0.25, 0.3) is 0 Å². The van der Waals surface area contributed by atoms with E-state index in [1.807, 2.05) is 0 Å². The maximum atomic E-state index is 14.1. The van der Waals surface area contributed by atoms with Crippen molar-refractivity contribution < 1.29 is 27.5 Å². The van der Waals surface area contributed by atoms with E-state index in [-0.39, 0.29) is 6.42 Å². The van der Waals surface area contributed by atoms with Gasteiger partial charge in [0.2, 0.25) is 5.91 Å². The molecule has 138 valence electrons. The van der Waals surface area contributed by atoms with E-state index in [4.69, 9.17) is 4.74 Å². The molecule has 0 aromatic heterocycles.